The maximum atomic E-state index is 11.1. The number of aromatic hydroxyl groups is 2. The van der Waals surface area contributed by atoms with Gasteiger partial charge in [-0.2, -0.15) is 0 Å². The van der Waals surface area contributed by atoms with Gasteiger partial charge in [0.2, 0.25) is 0 Å². The van der Waals surface area contributed by atoms with Crippen LogP contribution < -0.4 is 11.1 Å². The van der Waals surface area contributed by atoms with Crippen LogP contribution in [0, 0.1) is 0 Å². The van der Waals surface area contributed by atoms with Gasteiger partial charge in [-0.05, 0) is 90.2 Å². The molecule has 0 aliphatic rings. The van der Waals surface area contributed by atoms with Gasteiger partial charge < -0.3 is 21.3 Å². The molecule has 0 radical (unpaired) electrons. The molecule has 1 atom stereocenters. The SMILES string of the molecule is CCc1cc(Cl)cnc1N.CCc1cc(Cl)cnc1NC(c1ccc(Cl)cc1Cl)c1ccc2cccnc2c1O.O=Cc1ccc(Cl)cc1Cl.Oc1cccc2cccnc12. The second-order valence-corrected chi connectivity index (χ2v) is 15.6. The zero-order valence-electron chi connectivity index (χ0n) is 32.6. The normalized spacial score (nSPS) is 11.0. The van der Waals surface area contributed by atoms with Gasteiger partial charge in [0.25, 0.3) is 0 Å². The monoisotopic (exact) mass is 932 g/mol. The molecule has 61 heavy (non-hydrogen) atoms. The van der Waals surface area contributed by atoms with Crippen LogP contribution in [0.4, 0.5) is 11.6 Å². The van der Waals surface area contributed by atoms with E-state index >= 15 is 0 Å². The molecule has 0 spiro atoms. The van der Waals surface area contributed by atoms with Gasteiger partial charge in [-0.25, -0.2) is 9.97 Å². The van der Waals surface area contributed by atoms with Crippen molar-refractivity contribution in [1.82, 2.24) is 19.9 Å². The number of carbonyl (C=O) groups is 1. The van der Waals surface area contributed by atoms with Gasteiger partial charge in [0.05, 0.1) is 21.1 Å². The second-order valence-electron chi connectivity index (χ2n) is 13.0. The van der Waals surface area contributed by atoms with Gasteiger partial charge >= 0.3 is 0 Å². The molecule has 0 aliphatic heterocycles. The van der Waals surface area contributed by atoms with E-state index < -0.39 is 6.04 Å². The van der Waals surface area contributed by atoms with Crippen LogP contribution in [0.5, 0.6) is 11.5 Å². The van der Waals surface area contributed by atoms with E-state index in [0.717, 1.165) is 40.3 Å². The molecule has 1 unspecified atom stereocenters. The maximum Gasteiger partial charge on any atom is 0.151 e. The fourth-order valence-electron chi connectivity index (χ4n) is 5.91. The number of carbonyl (C=O) groups excluding carboxylic acids is 1. The van der Waals surface area contributed by atoms with Gasteiger partial charge in [0, 0.05) is 61.8 Å². The van der Waals surface area contributed by atoms with E-state index in [4.69, 9.17) is 75.3 Å². The number of aryl methyl sites for hydroxylation is 2. The summed E-state index contributed by atoms with van der Waals surface area (Å²) in [6.45, 7) is 4.05. The summed E-state index contributed by atoms with van der Waals surface area (Å²) in [7, 11) is 0. The summed E-state index contributed by atoms with van der Waals surface area (Å²) in [5.74, 6) is 1.57. The van der Waals surface area contributed by atoms with E-state index in [-0.39, 0.29) is 11.5 Å². The molecule has 5 N–H and O–H groups in total. The highest BCUT2D eigenvalue weighted by Gasteiger charge is 2.23. The number of pyridine rings is 4. The van der Waals surface area contributed by atoms with Gasteiger partial charge in [0.15, 0.2) is 6.29 Å². The largest absolute Gasteiger partial charge is 0.506 e. The highest BCUT2D eigenvalue weighted by molar-refractivity contribution is 6.36. The van der Waals surface area contributed by atoms with E-state index in [2.05, 4.69) is 25.3 Å². The molecule has 0 fully saturated rings. The third-order valence-electron chi connectivity index (χ3n) is 9.01. The Morgan fingerprint density at radius 2 is 1.20 bits per heavy atom. The van der Waals surface area contributed by atoms with Gasteiger partial charge in [-0.15, -0.1) is 0 Å². The Balaban J connectivity index is 0.000000184. The molecule has 9 nitrogen and oxygen atoms in total. The number of phenolic OH excluding ortho intramolecular Hbond substituents is 2. The number of hydrogen-bond acceptors (Lipinski definition) is 9. The van der Waals surface area contributed by atoms with Crippen molar-refractivity contribution in [3.63, 3.8) is 0 Å². The number of fused-ring (bicyclic) bond motifs is 2. The van der Waals surface area contributed by atoms with Crippen molar-refractivity contribution in [1.29, 1.82) is 0 Å². The number of nitrogens with zero attached hydrogens (tertiary/aromatic N) is 4. The third kappa shape index (κ3) is 12.6. The highest BCUT2D eigenvalue weighted by Crippen LogP contribution is 2.40. The lowest BCUT2D eigenvalue weighted by molar-refractivity contribution is 0.112. The number of rotatable bonds is 7. The van der Waals surface area contributed by atoms with Gasteiger partial charge in [-0.1, -0.05) is 126 Å². The summed E-state index contributed by atoms with van der Waals surface area (Å²) in [6.07, 6.45) is 8.77. The van der Waals surface area contributed by atoms with Crippen LogP contribution in [0.1, 0.15) is 52.5 Å². The van der Waals surface area contributed by atoms with Crippen LogP contribution in [0.15, 0.2) is 128 Å². The van der Waals surface area contributed by atoms with Gasteiger partial charge in [-0.3, -0.25) is 14.8 Å². The maximum absolute atomic E-state index is 11.1. The van der Waals surface area contributed by atoms with Crippen LogP contribution in [0.25, 0.3) is 21.8 Å². The molecule has 312 valence electrons. The number of hydrogen-bond donors (Lipinski definition) is 4. The fourth-order valence-corrected chi connectivity index (χ4v) is 7.25. The van der Waals surface area contributed by atoms with Crippen LogP contribution in [0.3, 0.4) is 0 Å². The Bertz CT molecular complexity index is 2770. The molecular weight excluding hydrogens is 897 g/mol. The first-order chi connectivity index (χ1) is 29.3. The molecule has 8 rings (SSSR count). The number of nitrogens with one attached hydrogen (secondary N) is 1. The number of nitrogens with two attached hydrogens (primary N) is 1. The van der Waals surface area contributed by atoms with Crippen LogP contribution in [0.2, 0.25) is 30.1 Å². The molecule has 0 amide bonds. The molecule has 8 aromatic rings. The number of phenols is 2. The second kappa shape index (κ2) is 22.5. The third-order valence-corrected chi connectivity index (χ3v) is 10.5. The number of anilines is 2. The van der Waals surface area contributed by atoms with Crippen molar-refractivity contribution in [2.45, 2.75) is 32.7 Å². The molecular formula is C46H38Cl6N6O3. The molecule has 0 saturated heterocycles. The van der Waals surface area contributed by atoms with E-state index in [1.807, 2.05) is 74.5 Å². The molecule has 4 heterocycles. The quantitative estimate of drug-likeness (QED) is 0.115. The lowest BCUT2D eigenvalue weighted by atomic mass is 9.95. The Labute approximate surface area is 383 Å². The average molecular weight is 936 g/mol. The lowest BCUT2D eigenvalue weighted by Gasteiger charge is -2.24. The first-order valence-corrected chi connectivity index (χ1v) is 20.9. The van der Waals surface area contributed by atoms with Crippen LogP contribution >= 0.6 is 69.6 Å². The minimum absolute atomic E-state index is 0.0867. The van der Waals surface area contributed by atoms with Crippen LogP contribution in [-0.4, -0.2) is 36.4 Å². The summed E-state index contributed by atoms with van der Waals surface area (Å²) >= 11 is 35.6. The number of halogens is 6. The van der Waals surface area contributed by atoms with E-state index in [1.54, 1.807) is 61.2 Å². The Hall–Kier alpha value is -5.39. The zero-order valence-corrected chi connectivity index (χ0v) is 37.2. The minimum Gasteiger partial charge on any atom is -0.506 e. The molecule has 0 bridgehead atoms. The van der Waals surface area contributed by atoms with Crippen molar-refractivity contribution in [2.75, 3.05) is 11.1 Å². The predicted molar refractivity (Wildman–Crippen MR) is 252 cm³/mol. The summed E-state index contributed by atoms with van der Waals surface area (Å²) in [5.41, 5.74) is 10.5. The summed E-state index contributed by atoms with van der Waals surface area (Å²) in [4.78, 5) is 26.9. The average Bonchev–Trinajstić information content (AvgIpc) is 3.26. The molecule has 4 aromatic carbocycles. The molecule has 0 saturated carbocycles. The van der Waals surface area contributed by atoms with Crippen molar-refractivity contribution in [3.05, 3.63) is 186 Å². The van der Waals surface area contributed by atoms with E-state index in [1.165, 1.54) is 6.07 Å². The smallest absolute Gasteiger partial charge is 0.151 e. The number of aldehydes is 1. The summed E-state index contributed by atoms with van der Waals surface area (Å²) < 4.78 is 0. The lowest BCUT2D eigenvalue weighted by Crippen LogP contribution is -2.15. The Kier molecular flexibility index (Phi) is 17.2. The summed E-state index contributed by atoms with van der Waals surface area (Å²) in [6, 6.07) is 29.9. The molecule has 0 aliphatic carbocycles. The van der Waals surface area contributed by atoms with Crippen molar-refractivity contribution >= 4 is 109 Å². The molecule has 4 aromatic heterocycles. The van der Waals surface area contributed by atoms with Crippen molar-refractivity contribution < 1.29 is 15.0 Å². The van der Waals surface area contributed by atoms with Crippen LogP contribution in [-0.2, 0) is 12.8 Å². The fraction of sp³-hybridized carbons (Fsp3) is 0.109. The first kappa shape index (κ1) is 46.7. The van der Waals surface area contributed by atoms with Gasteiger partial charge in [0.1, 0.15) is 34.2 Å². The Morgan fingerprint density at radius 3 is 1.80 bits per heavy atom. The Morgan fingerprint density at radius 1 is 0.623 bits per heavy atom. The number of benzene rings is 4. The highest BCUT2D eigenvalue weighted by atomic mass is 35.5. The first-order valence-electron chi connectivity index (χ1n) is 18.6. The zero-order chi connectivity index (χ0) is 44.1. The summed E-state index contributed by atoms with van der Waals surface area (Å²) in [5, 5.41) is 28.8. The number of nitrogen functional groups attached to an aromatic ring is 1. The van der Waals surface area contributed by atoms with E-state index in [0.29, 0.717) is 70.2 Å². The number of para-hydroxylation sites is 1. The van der Waals surface area contributed by atoms with Crippen molar-refractivity contribution in [3.8, 4) is 11.5 Å². The topological polar surface area (TPSA) is 147 Å². The predicted octanol–water partition coefficient (Wildman–Crippen LogP) is 13.7. The van der Waals surface area contributed by atoms with Crippen molar-refractivity contribution in [2.24, 2.45) is 0 Å². The number of aromatic nitrogens is 4. The minimum atomic E-state index is -0.486. The van der Waals surface area contributed by atoms with E-state index in [9.17, 15) is 15.0 Å². The standard InChI is InChI=1S/C23H18Cl3N3O.C9H7NO.C7H4Cl2O.C7H9ClN2/c1-2-13-10-16(25)12-28-23(13)29-21(17-8-6-15(24)11-19(17)26)18-7-5-14-4-3-9-27-20(14)22(18)30;11-8-5-1-3-7-4-2-6-10-9(7)8;8-6-2-1-5(4-10)7(9)3-6;1-2-5-3-6(8)4-10-7(5)9/h3-12,21,30H,2H2,1H3,(H,28,29);1-6,11H;1-4H;3-4H,2H2,1H3,(H2,9,10). The molecule has 15 heteroatoms.